The van der Waals surface area contributed by atoms with E-state index in [2.05, 4.69) is 30.6 Å². The van der Waals surface area contributed by atoms with Gasteiger partial charge < -0.3 is 20.1 Å². The molecule has 1 fully saturated rings. The van der Waals surface area contributed by atoms with Gasteiger partial charge in [0.1, 0.15) is 17.7 Å². The molecule has 0 aliphatic carbocycles. The first-order chi connectivity index (χ1) is 17.9. The van der Waals surface area contributed by atoms with Crippen LogP contribution in [-0.4, -0.2) is 57.7 Å². The number of pyridine rings is 2. The van der Waals surface area contributed by atoms with E-state index in [1.807, 2.05) is 0 Å². The standard InChI is InChI=1S/C22H22F2N6O3/c1-2-32-19-5-16(24)10-29-22(19)33-18-3-13(6-25-12-18)20-27-7-14(8-28-20)21(31)30-17-4-15(23)9-26-11-17/h3,5-8,10,12,15,17,26H,2,4,9,11H2,1H3,(H,30,31)/t15-,17-/m0/s1/i1D3,2D2. The number of halogens is 2. The van der Waals surface area contributed by atoms with Crippen molar-refractivity contribution in [3.8, 4) is 28.8 Å². The van der Waals surface area contributed by atoms with Crippen LogP contribution in [0, 0.1) is 5.82 Å². The van der Waals surface area contributed by atoms with Crippen molar-refractivity contribution in [2.24, 2.45) is 0 Å². The zero-order valence-corrected chi connectivity index (χ0v) is 17.1. The van der Waals surface area contributed by atoms with Gasteiger partial charge in [0.25, 0.3) is 11.8 Å². The second-order valence-corrected chi connectivity index (χ2v) is 7.13. The van der Waals surface area contributed by atoms with Gasteiger partial charge >= 0.3 is 0 Å². The number of aromatic nitrogens is 4. The number of ether oxygens (including phenoxy) is 2. The predicted molar refractivity (Wildman–Crippen MR) is 114 cm³/mol. The van der Waals surface area contributed by atoms with Crippen molar-refractivity contribution >= 4 is 5.91 Å². The van der Waals surface area contributed by atoms with Crippen molar-refractivity contribution in [3.63, 3.8) is 0 Å². The summed E-state index contributed by atoms with van der Waals surface area (Å²) in [5, 5.41) is 5.64. The van der Waals surface area contributed by atoms with Gasteiger partial charge in [0.05, 0.1) is 27.3 Å². The smallest absolute Gasteiger partial charge is 0.262 e. The van der Waals surface area contributed by atoms with Crippen molar-refractivity contribution in [2.75, 3.05) is 19.6 Å². The molecule has 0 unspecified atom stereocenters. The van der Waals surface area contributed by atoms with Crippen LogP contribution in [0.2, 0.25) is 0 Å². The van der Waals surface area contributed by atoms with Gasteiger partial charge in [-0.25, -0.2) is 23.7 Å². The third-order valence-electron chi connectivity index (χ3n) is 4.68. The zero-order chi connectivity index (χ0) is 27.5. The molecule has 4 rings (SSSR count). The van der Waals surface area contributed by atoms with Crippen LogP contribution < -0.4 is 20.1 Å². The van der Waals surface area contributed by atoms with E-state index < -0.39 is 42.9 Å². The Morgan fingerprint density at radius 2 is 2.09 bits per heavy atom. The summed E-state index contributed by atoms with van der Waals surface area (Å²) in [6, 6.07) is 1.84. The lowest BCUT2D eigenvalue weighted by Crippen LogP contribution is -2.49. The first kappa shape index (κ1) is 16.8. The molecule has 2 atom stereocenters. The van der Waals surface area contributed by atoms with E-state index in [0.717, 1.165) is 12.3 Å². The van der Waals surface area contributed by atoms with Crippen LogP contribution in [0.15, 0.2) is 43.1 Å². The maximum Gasteiger partial charge on any atom is 0.262 e. The summed E-state index contributed by atoms with van der Waals surface area (Å²) in [7, 11) is 0. The van der Waals surface area contributed by atoms with Gasteiger partial charge in [0.15, 0.2) is 11.6 Å². The van der Waals surface area contributed by atoms with Crippen molar-refractivity contribution in [3.05, 3.63) is 54.5 Å². The number of alkyl halides is 1. The highest BCUT2D eigenvalue weighted by atomic mass is 19.1. The molecule has 1 saturated heterocycles. The van der Waals surface area contributed by atoms with Gasteiger partial charge in [-0.05, 0) is 12.9 Å². The summed E-state index contributed by atoms with van der Waals surface area (Å²) in [6.45, 7) is -5.60. The molecule has 0 radical (unpaired) electrons. The van der Waals surface area contributed by atoms with Crippen LogP contribution in [0.4, 0.5) is 8.78 Å². The maximum absolute atomic E-state index is 13.7. The molecule has 0 aromatic carbocycles. The van der Waals surface area contributed by atoms with E-state index in [1.165, 1.54) is 30.9 Å². The van der Waals surface area contributed by atoms with Crippen molar-refractivity contribution < 1.29 is 29.9 Å². The zero-order valence-electron chi connectivity index (χ0n) is 22.1. The fourth-order valence-electron chi connectivity index (χ4n) is 3.18. The molecular formula is C22H22F2N6O3. The lowest BCUT2D eigenvalue weighted by atomic mass is 10.1. The number of hydrogen-bond acceptors (Lipinski definition) is 8. The maximum atomic E-state index is 13.7. The number of nitrogens with one attached hydrogen (secondary N) is 2. The molecule has 3 aromatic rings. The third-order valence-corrected chi connectivity index (χ3v) is 4.68. The minimum atomic E-state index is -3.17. The number of carbonyl (C=O) groups is 1. The Kier molecular flexibility index (Phi) is 5.24. The summed E-state index contributed by atoms with van der Waals surface area (Å²) in [4.78, 5) is 28.6. The molecule has 1 aliphatic rings. The molecule has 4 heterocycles. The van der Waals surface area contributed by atoms with Crippen LogP contribution in [0.25, 0.3) is 11.4 Å². The van der Waals surface area contributed by atoms with E-state index in [-0.39, 0.29) is 36.1 Å². The van der Waals surface area contributed by atoms with Gasteiger partial charge in [-0.1, -0.05) is 0 Å². The second-order valence-electron chi connectivity index (χ2n) is 7.13. The molecule has 2 N–H and O–H groups in total. The van der Waals surface area contributed by atoms with E-state index in [0.29, 0.717) is 12.1 Å². The molecule has 3 aromatic heterocycles. The van der Waals surface area contributed by atoms with Crippen LogP contribution >= 0.6 is 0 Å². The Hall–Kier alpha value is -3.73. The highest BCUT2D eigenvalue weighted by molar-refractivity contribution is 5.93. The lowest BCUT2D eigenvalue weighted by molar-refractivity contribution is 0.0918. The highest BCUT2D eigenvalue weighted by Crippen LogP contribution is 2.30. The van der Waals surface area contributed by atoms with E-state index in [9.17, 15) is 13.6 Å². The summed E-state index contributed by atoms with van der Waals surface area (Å²) in [6.07, 6.45) is 5.26. The molecule has 9 nitrogen and oxygen atoms in total. The molecule has 0 saturated carbocycles. The van der Waals surface area contributed by atoms with Crippen molar-refractivity contribution in [1.29, 1.82) is 0 Å². The SMILES string of the molecule is [2H]C([2H])([2H])C([2H])([2H])Oc1cc(F)cnc1Oc1cncc(-c2ncc(C(=O)N[C@@H]3CNC[C@@H](F)C3)cn2)c1. The molecule has 33 heavy (non-hydrogen) atoms. The van der Waals surface area contributed by atoms with E-state index in [1.54, 1.807) is 0 Å². The molecular weight excluding hydrogens is 434 g/mol. The van der Waals surface area contributed by atoms with Gasteiger partial charge in [-0.2, -0.15) is 0 Å². The van der Waals surface area contributed by atoms with Gasteiger partial charge in [0, 0.05) is 59.9 Å². The molecule has 1 aliphatic heterocycles. The minimum Gasteiger partial charge on any atom is -0.488 e. The van der Waals surface area contributed by atoms with Crippen LogP contribution in [0.5, 0.6) is 17.4 Å². The first-order valence-electron chi connectivity index (χ1n) is 12.4. The monoisotopic (exact) mass is 461 g/mol. The third kappa shape index (κ3) is 5.75. The van der Waals surface area contributed by atoms with Crippen LogP contribution in [0.3, 0.4) is 0 Å². The number of hydrogen-bond donors (Lipinski definition) is 2. The highest BCUT2D eigenvalue weighted by Gasteiger charge is 2.23. The van der Waals surface area contributed by atoms with Crippen LogP contribution in [0.1, 0.15) is 30.5 Å². The van der Waals surface area contributed by atoms with Gasteiger partial charge in [0.2, 0.25) is 0 Å². The second kappa shape index (κ2) is 10.3. The molecule has 0 spiro atoms. The quantitative estimate of drug-likeness (QED) is 0.553. The molecule has 11 heteroatoms. The average molecular weight is 461 g/mol. The first-order valence-corrected chi connectivity index (χ1v) is 9.87. The minimum absolute atomic E-state index is 0.0527. The predicted octanol–water partition coefficient (Wildman–Crippen LogP) is 2.69. The summed E-state index contributed by atoms with van der Waals surface area (Å²) in [5.74, 6) is -2.09. The Bertz CT molecular complexity index is 1300. The Labute approximate surface area is 195 Å². The van der Waals surface area contributed by atoms with Crippen molar-refractivity contribution in [1.82, 2.24) is 30.6 Å². The Balaban J connectivity index is 1.49. The normalized spacial score (nSPS) is 21.0. The Morgan fingerprint density at radius 3 is 2.88 bits per heavy atom. The number of rotatable bonds is 7. The number of nitrogens with zero attached hydrogens (tertiary/aromatic N) is 4. The summed E-state index contributed by atoms with van der Waals surface area (Å²) >= 11 is 0. The summed E-state index contributed by atoms with van der Waals surface area (Å²) in [5.41, 5.74) is 0.546. The van der Waals surface area contributed by atoms with Crippen LogP contribution in [-0.2, 0) is 0 Å². The van der Waals surface area contributed by atoms with E-state index in [4.69, 9.17) is 16.3 Å². The van der Waals surface area contributed by atoms with Gasteiger partial charge in [-0.3, -0.25) is 9.78 Å². The fourth-order valence-corrected chi connectivity index (χ4v) is 3.18. The molecule has 1 amide bonds. The molecule has 172 valence electrons. The molecule has 0 bridgehead atoms. The van der Waals surface area contributed by atoms with E-state index >= 15 is 0 Å². The number of piperidine rings is 1. The fraction of sp³-hybridized carbons (Fsp3) is 0.318. The Morgan fingerprint density at radius 1 is 1.24 bits per heavy atom. The number of carbonyl (C=O) groups excluding carboxylic acids is 1. The topological polar surface area (TPSA) is 111 Å². The van der Waals surface area contributed by atoms with Gasteiger partial charge in [-0.15, -0.1) is 0 Å². The lowest BCUT2D eigenvalue weighted by Gasteiger charge is -2.26. The summed E-state index contributed by atoms with van der Waals surface area (Å²) < 4.78 is 74.8. The largest absolute Gasteiger partial charge is 0.488 e. The number of amides is 1. The average Bonchev–Trinajstić information content (AvgIpc) is 2.85. The van der Waals surface area contributed by atoms with Crippen molar-refractivity contribution in [2.45, 2.75) is 25.5 Å².